The van der Waals surface area contributed by atoms with Gasteiger partial charge in [0, 0.05) is 18.9 Å². The predicted octanol–water partition coefficient (Wildman–Crippen LogP) is 1.26. The summed E-state index contributed by atoms with van der Waals surface area (Å²) in [4.78, 5) is 23.2. The molecule has 0 unspecified atom stereocenters. The number of carboxylic acid groups (broad SMARTS) is 1. The summed E-state index contributed by atoms with van der Waals surface area (Å²) >= 11 is 0. The summed E-state index contributed by atoms with van der Waals surface area (Å²) in [7, 11) is 1.70. The van der Waals surface area contributed by atoms with Crippen molar-refractivity contribution >= 4 is 23.3 Å². The van der Waals surface area contributed by atoms with E-state index in [0.29, 0.717) is 16.9 Å². The van der Waals surface area contributed by atoms with Crippen molar-refractivity contribution in [1.82, 2.24) is 9.78 Å². The molecule has 0 radical (unpaired) electrons. The van der Waals surface area contributed by atoms with E-state index in [4.69, 9.17) is 10.8 Å². The molecule has 0 aliphatic heterocycles. The van der Waals surface area contributed by atoms with Crippen molar-refractivity contribution in [2.24, 2.45) is 7.05 Å². The zero-order valence-electron chi connectivity index (χ0n) is 11.0. The van der Waals surface area contributed by atoms with Crippen LogP contribution in [0.5, 0.6) is 0 Å². The quantitative estimate of drug-likeness (QED) is 0.730. The van der Waals surface area contributed by atoms with Gasteiger partial charge in [-0.05, 0) is 25.1 Å². The highest BCUT2D eigenvalue weighted by molar-refractivity contribution is 6.08. The Balaban J connectivity index is 2.34. The third-order valence-corrected chi connectivity index (χ3v) is 2.78. The first-order valence-electron chi connectivity index (χ1n) is 5.83. The minimum Gasteiger partial charge on any atom is -0.478 e. The molecule has 0 saturated carbocycles. The van der Waals surface area contributed by atoms with Gasteiger partial charge in [-0.1, -0.05) is 0 Å². The normalized spacial score (nSPS) is 10.3. The zero-order chi connectivity index (χ0) is 14.9. The van der Waals surface area contributed by atoms with Crippen LogP contribution < -0.4 is 11.1 Å². The van der Waals surface area contributed by atoms with Crippen LogP contribution >= 0.6 is 0 Å². The average molecular weight is 274 g/mol. The summed E-state index contributed by atoms with van der Waals surface area (Å²) in [6, 6.07) is 4.23. The number of benzene rings is 1. The van der Waals surface area contributed by atoms with Crippen LogP contribution in [-0.2, 0) is 7.05 Å². The zero-order valence-corrected chi connectivity index (χ0v) is 11.0. The molecular formula is C13H14N4O3. The van der Waals surface area contributed by atoms with E-state index < -0.39 is 11.9 Å². The number of nitrogens with zero attached hydrogens (tertiary/aromatic N) is 2. The number of amides is 1. The van der Waals surface area contributed by atoms with Gasteiger partial charge in [0.15, 0.2) is 0 Å². The molecule has 1 aromatic carbocycles. The summed E-state index contributed by atoms with van der Waals surface area (Å²) in [6.07, 6.45) is 1.57. The number of carboxylic acids is 1. The van der Waals surface area contributed by atoms with Crippen LogP contribution in [0.25, 0.3) is 0 Å². The van der Waals surface area contributed by atoms with Crippen molar-refractivity contribution in [2.45, 2.75) is 6.92 Å². The number of aryl methyl sites for hydroxylation is 2. The van der Waals surface area contributed by atoms with Gasteiger partial charge in [0.1, 0.15) is 0 Å². The van der Waals surface area contributed by atoms with Gasteiger partial charge in [-0.25, -0.2) is 4.79 Å². The van der Waals surface area contributed by atoms with E-state index in [0.717, 1.165) is 0 Å². The number of carbonyl (C=O) groups is 2. The Bertz CT molecular complexity index is 691. The van der Waals surface area contributed by atoms with Crippen LogP contribution in [0.2, 0.25) is 0 Å². The minimum atomic E-state index is -1.14. The molecule has 0 atom stereocenters. The minimum absolute atomic E-state index is 0.0194. The first-order chi connectivity index (χ1) is 9.38. The summed E-state index contributed by atoms with van der Waals surface area (Å²) in [6.45, 7) is 1.70. The maximum Gasteiger partial charge on any atom is 0.337 e. The number of anilines is 2. The molecular weight excluding hydrogens is 260 g/mol. The standard InChI is InChI=1S/C13H14N4O3/c1-7-10(6-17(2)16-7)12(18)15-11-5-8(14)3-4-9(11)13(19)20/h3-6H,14H2,1-2H3,(H,15,18)(H,19,20). The van der Waals surface area contributed by atoms with E-state index in [1.54, 1.807) is 20.2 Å². The van der Waals surface area contributed by atoms with Crippen LogP contribution in [0.15, 0.2) is 24.4 Å². The monoisotopic (exact) mass is 274 g/mol. The smallest absolute Gasteiger partial charge is 0.337 e. The number of rotatable bonds is 3. The molecule has 0 saturated heterocycles. The molecule has 0 spiro atoms. The van der Waals surface area contributed by atoms with E-state index >= 15 is 0 Å². The first-order valence-corrected chi connectivity index (χ1v) is 5.83. The maximum atomic E-state index is 12.1. The van der Waals surface area contributed by atoms with Crippen molar-refractivity contribution in [1.29, 1.82) is 0 Å². The van der Waals surface area contributed by atoms with E-state index in [1.165, 1.54) is 22.9 Å². The Morgan fingerprint density at radius 3 is 2.60 bits per heavy atom. The lowest BCUT2D eigenvalue weighted by Crippen LogP contribution is -2.15. The molecule has 0 aliphatic carbocycles. The molecule has 2 rings (SSSR count). The molecule has 4 N–H and O–H groups in total. The van der Waals surface area contributed by atoms with Gasteiger partial charge in [0.2, 0.25) is 0 Å². The summed E-state index contributed by atoms with van der Waals surface area (Å²) in [5.74, 6) is -1.56. The van der Waals surface area contributed by atoms with Crippen LogP contribution in [0.4, 0.5) is 11.4 Å². The Labute approximate surface area is 115 Å². The van der Waals surface area contributed by atoms with Gasteiger partial charge in [-0.3, -0.25) is 9.48 Å². The van der Waals surface area contributed by atoms with E-state index in [2.05, 4.69) is 10.4 Å². The van der Waals surface area contributed by atoms with Crippen LogP contribution in [0.3, 0.4) is 0 Å². The van der Waals surface area contributed by atoms with Gasteiger partial charge in [0.25, 0.3) is 5.91 Å². The fourth-order valence-electron chi connectivity index (χ4n) is 1.86. The Morgan fingerprint density at radius 1 is 1.35 bits per heavy atom. The van der Waals surface area contributed by atoms with Gasteiger partial charge in [-0.15, -0.1) is 0 Å². The highest BCUT2D eigenvalue weighted by Crippen LogP contribution is 2.20. The fraction of sp³-hybridized carbons (Fsp3) is 0.154. The predicted molar refractivity (Wildman–Crippen MR) is 73.7 cm³/mol. The largest absolute Gasteiger partial charge is 0.478 e. The van der Waals surface area contributed by atoms with Crippen molar-refractivity contribution in [3.8, 4) is 0 Å². The Morgan fingerprint density at radius 2 is 2.05 bits per heavy atom. The lowest BCUT2D eigenvalue weighted by Gasteiger charge is -2.08. The number of nitrogens with two attached hydrogens (primary N) is 1. The van der Waals surface area contributed by atoms with E-state index in [9.17, 15) is 9.59 Å². The number of aromatic carboxylic acids is 1. The molecule has 7 heteroatoms. The molecule has 104 valence electrons. The van der Waals surface area contributed by atoms with Gasteiger partial charge in [-0.2, -0.15) is 5.10 Å². The Kier molecular flexibility index (Phi) is 3.43. The van der Waals surface area contributed by atoms with Crippen molar-refractivity contribution < 1.29 is 14.7 Å². The highest BCUT2D eigenvalue weighted by Gasteiger charge is 2.16. The molecule has 20 heavy (non-hydrogen) atoms. The van der Waals surface area contributed by atoms with Gasteiger partial charge >= 0.3 is 5.97 Å². The highest BCUT2D eigenvalue weighted by atomic mass is 16.4. The van der Waals surface area contributed by atoms with E-state index in [1.807, 2.05) is 0 Å². The molecule has 7 nitrogen and oxygen atoms in total. The molecule has 0 bridgehead atoms. The lowest BCUT2D eigenvalue weighted by molar-refractivity contribution is 0.0698. The topological polar surface area (TPSA) is 110 Å². The maximum absolute atomic E-state index is 12.1. The van der Waals surface area contributed by atoms with Gasteiger partial charge < -0.3 is 16.2 Å². The number of hydrogen-bond acceptors (Lipinski definition) is 4. The second-order valence-corrected chi connectivity index (χ2v) is 4.37. The Hall–Kier alpha value is -2.83. The van der Waals surface area contributed by atoms with Crippen molar-refractivity contribution in [3.05, 3.63) is 41.2 Å². The van der Waals surface area contributed by atoms with E-state index in [-0.39, 0.29) is 11.3 Å². The molecule has 1 aromatic heterocycles. The number of nitrogen functional groups attached to an aromatic ring is 1. The summed E-state index contributed by atoms with van der Waals surface area (Å²) in [5, 5.41) is 15.7. The fourth-order valence-corrected chi connectivity index (χ4v) is 1.86. The first kappa shape index (κ1) is 13.6. The molecule has 0 fully saturated rings. The number of aromatic nitrogens is 2. The van der Waals surface area contributed by atoms with Crippen molar-refractivity contribution in [2.75, 3.05) is 11.1 Å². The number of nitrogens with one attached hydrogen (secondary N) is 1. The lowest BCUT2D eigenvalue weighted by atomic mass is 10.1. The average Bonchev–Trinajstić information content (AvgIpc) is 2.68. The molecule has 1 amide bonds. The van der Waals surface area contributed by atoms with Gasteiger partial charge in [0.05, 0.1) is 22.5 Å². The SMILES string of the molecule is Cc1nn(C)cc1C(=O)Nc1cc(N)ccc1C(=O)O. The summed E-state index contributed by atoms with van der Waals surface area (Å²) < 4.78 is 1.52. The number of hydrogen-bond donors (Lipinski definition) is 3. The second-order valence-electron chi connectivity index (χ2n) is 4.37. The van der Waals surface area contributed by atoms with Crippen molar-refractivity contribution in [3.63, 3.8) is 0 Å². The second kappa shape index (κ2) is 5.04. The molecule has 1 heterocycles. The third-order valence-electron chi connectivity index (χ3n) is 2.78. The van der Waals surface area contributed by atoms with Crippen LogP contribution in [-0.4, -0.2) is 26.8 Å². The molecule has 0 aliphatic rings. The molecule has 2 aromatic rings. The number of carbonyl (C=O) groups excluding carboxylic acids is 1. The van der Waals surface area contributed by atoms with Crippen LogP contribution in [0.1, 0.15) is 26.4 Å². The summed E-state index contributed by atoms with van der Waals surface area (Å²) in [5.41, 5.74) is 7.06. The third kappa shape index (κ3) is 2.61. The van der Waals surface area contributed by atoms with Crippen LogP contribution in [0, 0.1) is 6.92 Å².